The minimum Gasteiger partial charge on any atom is -0.387 e. The van der Waals surface area contributed by atoms with Gasteiger partial charge in [0.25, 0.3) is 0 Å². The zero-order valence-electron chi connectivity index (χ0n) is 16.4. The highest BCUT2D eigenvalue weighted by Gasteiger charge is 2.36. The van der Waals surface area contributed by atoms with Gasteiger partial charge in [-0.1, -0.05) is 30.3 Å². The Morgan fingerprint density at radius 3 is 2.34 bits per heavy atom. The van der Waals surface area contributed by atoms with E-state index in [0.717, 1.165) is 24.2 Å². The van der Waals surface area contributed by atoms with Gasteiger partial charge in [0, 0.05) is 43.9 Å². The molecular weight excluding hydrogens is 371 g/mol. The van der Waals surface area contributed by atoms with E-state index in [0.29, 0.717) is 44.5 Å². The van der Waals surface area contributed by atoms with E-state index in [-0.39, 0.29) is 11.7 Å². The first-order valence-corrected chi connectivity index (χ1v) is 10.2. The first-order chi connectivity index (χ1) is 14.0. The Morgan fingerprint density at radius 2 is 1.72 bits per heavy atom. The van der Waals surface area contributed by atoms with Crippen LogP contribution in [0.1, 0.15) is 42.9 Å². The van der Waals surface area contributed by atoms with E-state index >= 15 is 0 Å². The first-order valence-electron chi connectivity index (χ1n) is 10.2. The predicted molar refractivity (Wildman–Crippen MR) is 109 cm³/mol. The third kappa shape index (κ3) is 4.20. The average Bonchev–Trinajstić information content (AvgIpc) is 3.16. The van der Waals surface area contributed by atoms with Crippen molar-refractivity contribution >= 4 is 11.6 Å². The van der Waals surface area contributed by atoms with Crippen molar-refractivity contribution in [1.29, 1.82) is 0 Å². The number of aliphatic hydroxyl groups is 2. The highest BCUT2D eigenvalue weighted by Crippen LogP contribution is 2.35. The van der Waals surface area contributed by atoms with Crippen molar-refractivity contribution in [1.82, 2.24) is 4.90 Å². The van der Waals surface area contributed by atoms with Crippen molar-refractivity contribution in [2.75, 3.05) is 31.1 Å². The maximum absolute atomic E-state index is 14.1. The Morgan fingerprint density at radius 1 is 1.03 bits per heavy atom. The molecule has 0 aromatic heterocycles. The lowest BCUT2D eigenvalue weighted by Crippen LogP contribution is -2.44. The lowest BCUT2D eigenvalue weighted by Gasteiger charge is -2.39. The molecule has 6 heteroatoms. The van der Waals surface area contributed by atoms with E-state index < -0.39 is 11.7 Å². The zero-order chi connectivity index (χ0) is 20.4. The average molecular weight is 398 g/mol. The largest absolute Gasteiger partial charge is 0.387 e. The number of carbonyl (C=O) groups is 1. The van der Waals surface area contributed by atoms with Crippen LogP contribution in [-0.2, 0) is 10.4 Å². The SMILES string of the molecule is O=C1CCCN1c1ccc(C(O)CN2CCC(O)(c3ccccc3F)CC2)cc1. The highest BCUT2D eigenvalue weighted by molar-refractivity contribution is 5.95. The van der Waals surface area contributed by atoms with Gasteiger partial charge in [0.05, 0.1) is 11.7 Å². The molecule has 0 aliphatic carbocycles. The van der Waals surface area contributed by atoms with Crippen LogP contribution < -0.4 is 4.90 Å². The number of likely N-dealkylation sites (tertiary alicyclic amines) is 1. The fraction of sp³-hybridized carbons (Fsp3) is 0.435. The lowest BCUT2D eigenvalue weighted by molar-refractivity contribution is -0.117. The van der Waals surface area contributed by atoms with Crippen LogP contribution >= 0.6 is 0 Å². The van der Waals surface area contributed by atoms with Crippen LogP contribution in [-0.4, -0.2) is 47.2 Å². The Balaban J connectivity index is 1.34. The van der Waals surface area contributed by atoms with Crippen molar-refractivity contribution in [3.05, 3.63) is 65.5 Å². The number of aliphatic hydroxyl groups excluding tert-OH is 1. The van der Waals surface area contributed by atoms with Crippen LogP contribution in [0.2, 0.25) is 0 Å². The molecule has 2 aromatic carbocycles. The lowest BCUT2D eigenvalue weighted by atomic mass is 9.84. The number of hydrogen-bond donors (Lipinski definition) is 2. The Hall–Kier alpha value is -2.28. The summed E-state index contributed by atoms with van der Waals surface area (Å²) in [6.07, 6.45) is 1.68. The van der Waals surface area contributed by atoms with Crippen molar-refractivity contribution in [2.24, 2.45) is 0 Å². The molecule has 4 rings (SSSR count). The molecule has 29 heavy (non-hydrogen) atoms. The molecule has 2 N–H and O–H groups in total. The second kappa shape index (κ2) is 8.22. The number of rotatable bonds is 5. The molecule has 2 aromatic rings. The molecule has 1 atom stereocenters. The fourth-order valence-electron chi connectivity index (χ4n) is 4.36. The molecule has 0 saturated carbocycles. The van der Waals surface area contributed by atoms with Crippen molar-refractivity contribution < 1.29 is 19.4 Å². The fourth-order valence-corrected chi connectivity index (χ4v) is 4.36. The van der Waals surface area contributed by atoms with Gasteiger partial charge in [0.15, 0.2) is 0 Å². The summed E-state index contributed by atoms with van der Waals surface area (Å²) in [4.78, 5) is 15.7. The summed E-state index contributed by atoms with van der Waals surface area (Å²) >= 11 is 0. The van der Waals surface area contributed by atoms with Crippen LogP contribution in [0.4, 0.5) is 10.1 Å². The van der Waals surface area contributed by atoms with Crippen LogP contribution in [0.25, 0.3) is 0 Å². The summed E-state index contributed by atoms with van der Waals surface area (Å²) < 4.78 is 14.1. The van der Waals surface area contributed by atoms with Gasteiger partial charge in [-0.2, -0.15) is 0 Å². The molecule has 0 spiro atoms. The molecule has 5 nitrogen and oxygen atoms in total. The second-order valence-electron chi connectivity index (χ2n) is 8.07. The number of anilines is 1. The third-order valence-electron chi connectivity index (χ3n) is 6.15. The van der Waals surface area contributed by atoms with Crippen LogP contribution in [0.3, 0.4) is 0 Å². The van der Waals surface area contributed by atoms with Gasteiger partial charge >= 0.3 is 0 Å². The van der Waals surface area contributed by atoms with Crippen LogP contribution in [0.15, 0.2) is 48.5 Å². The maximum Gasteiger partial charge on any atom is 0.227 e. The van der Waals surface area contributed by atoms with E-state index in [9.17, 15) is 19.4 Å². The number of nitrogens with zero attached hydrogens (tertiary/aromatic N) is 2. The summed E-state index contributed by atoms with van der Waals surface area (Å²) in [6, 6.07) is 13.9. The van der Waals surface area contributed by atoms with Gasteiger partial charge in [-0.25, -0.2) is 4.39 Å². The van der Waals surface area contributed by atoms with Crippen molar-refractivity contribution in [3.8, 4) is 0 Å². The summed E-state index contributed by atoms with van der Waals surface area (Å²) in [7, 11) is 0. The van der Waals surface area contributed by atoms with Crippen LogP contribution in [0, 0.1) is 5.82 Å². The molecule has 2 saturated heterocycles. The number of piperidine rings is 1. The Kier molecular flexibility index (Phi) is 5.67. The molecule has 1 unspecified atom stereocenters. The van der Waals surface area contributed by atoms with Gasteiger partial charge in [-0.05, 0) is 43.0 Å². The summed E-state index contributed by atoms with van der Waals surface area (Å²) in [5.74, 6) is -0.228. The first kappa shape index (κ1) is 20.0. The predicted octanol–water partition coefficient (Wildman–Crippen LogP) is 2.97. The van der Waals surface area contributed by atoms with E-state index in [1.807, 2.05) is 24.3 Å². The smallest absolute Gasteiger partial charge is 0.227 e. The standard InChI is InChI=1S/C23H27FN2O3/c24-20-5-2-1-4-19(20)23(29)11-14-25(15-12-23)16-21(27)17-7-9-18(10-8-17)26-13-3-6-22(26)28/h1-2,4-5,7-10,21,27,29H,3,6,11-16H2. The monoisotopic (exact) mass is 398 g/mol. The number of amides is 1. The van der Waals surface area contributed by atoms with Gasteiger partial charge in [0.1, 0.15) is 5.82 Å². The molecular formula is C23H27FN2O3. The van der Waals surface area contributed by atoms with E-state index in [1.165, 1.54) is 6.07 Å². The number of hydrogen-bond acceptors (Lipinski definition) is 4. The molecule has 2 aliphatic rings. The molecule has 2 fully saturated rings. The number of benzene rings is 2. The van der Waals surface area contributed by atoms with Gasteiger partial charge in [-0.15, -0.1) is 0 Å². The Bertz CT molecular complexity index is 863. The summed E-state index contributed by atoms with van der Waals surface area (Å²) in [6.45, 7) is 2.37. The zero-order valence-corrected chi connectivity index (χ0v) is 16.4. The number of halogens is 1. The number of carbonyl (C=O) groups excluding carboxylic acids is 1. The van der Waals surface area contributed by atoms with Gasteiger partial charge in [-0.3, -0.25) is 4.79 Å². The van der Waals surface area contributed by atoms with E-state index in [2.05, 4.69) is 4.90 Å². The van der Waals surface area contributed by atoms with Crippen LogP contribution in [0.5, 0.6) is 0 Å². The van der Waals surface area contributed by atoms with E-state index in [1.54, 1.807) is 23.1 Å². The van der Waals surface area contributed by atoms with Gasteiger partial charge in [0.2, 0.25) is 5.91 Å². The molecule has 0 radical (unpaired) electrons. The minimum atomic E-state index is -1.16. The molecule has 0 bridgehead atoms. The summed E-state index contributed by atoms with van der Waals surface area (Å²) in [5, 5.41) is 21.5. The molecule has 154 valence electrons. The quantitative estimate of drug-likeness (QED) is 0.813. The molecule has 2 heterocycles. The maximum atomic E-state index is 14.1. The molecule has 1 amide bonds. The van der Waals surface area contributed by atoms with Crippen molar-refractivity contribution in [2.45, 2.75) is 37.4 Å². The normalized spacial score (nSPS) is 20.8. The van der Waals surface area contributed by atoms with Gasteiger partial charge < -0.3 is 20.0 Å². The van der Waals surface area contributed by atoms with Crippen molar-refractivity contribution in [3.63, 3.8) is 0 Å². The minimum absolute atomic E-state index is 0.147. The topological polar surface area (TPSA) is 64.0 Å². The van der Waals surface area contributed by atoms with E-state index in [4.69, 9.17) is 0 Å². The molecule has 2 aliphatic heterocycles. The highest BCUT2D eigenvalue weighted by atomic mass is 19.1. The third-order valence-corrected chi connectivity index (χ3v) is 6.15. The Labute approximate surface area is 170 Å². The summed E-state index contributed by atoms with van der Waals surface area (Å²) in [5.41, 5.74) is 0.871. The number of β-amino-alcohol motifs (C(OH)–C–C–N with tert-alkyl or cyclic N) is 1. The second-order valence-corrected chi connectivity index (χ2v) is 8.07.